The molecule has 0 saturated carbocycles. The van der Waals surface area contributed by atoms with Crippen LogP contribution in [-0.4, -0.2) is 37.9 Å². The van der Waals surface area contributed by atoms with Crippen LogP contribution in [0.5, 0.6) is 0 Å². The number of nitrogens with zero attached hydrogens (tertiary/aromatic N) is 2. The third-order valence-corrected chi connectivity index (χ3v) is 5.52. The SMILES string of the molecule is C=C=CCN(C/C=N/NC(=O)c1ccccc1)S(=O)(=O)c1ccc(C)cc1. The van der Waals surface area contributed by atoms with Crippen molar-refractivity contribution in [2.24, 2.45) is 5.10 Å². The smallest absolute Gasteiger partial charge is 0.267 e. The van der Waals surface area contributed by atoms with Gasteiger partial charge in [-0.3, -0.25) is 4.79 Å². The van der Waals surface area contributed by atoms with Crippen molar-refractivity contribution in [3.8, 4) is 0 Å². The van der Waals surface area contributed by atoms with Crippen LogP contribution in [0.4, 0.5) is 0 Å². The number of hydrogen-bond acceptors (Lipinski definition) is 4. The minimum atomic E-state index is -3.71. The van der Waals surface area contributed by atoms with Crippen molar-refractivity contribution in [2.45, 2.75) is 11.8 Å². The van der Waals surface area contributed by atoms with Gasteiger partial charge in [-0.1, -0.05) is 42.5 Å². The van der Waals surface area contributed by atoms with Gasteiger partial charge in [-0.25, -0.2) is 13.8 Å². The first-order valence-electron chi connectivity index (χ1n) is 8.23. The number of hydrogen-bond donors (Lipinski definition) is 1. The van der Waals surface area contributed by atoms with Gasteiger partial charge < -0.3 is 0 Å². The van der Waals surface area contributed by atoms with Crippen LogP contribution in [0.25, 0.3) is 0 Å². The topological polar surface area (TPSA) is 78.8 Å². The maximum Gasteiger partial charge on any atom is 0.271 e. The largest absolute Gasteiger partial charge is 0.271 e. The lowest BCUT2D eigenvalue weighted by Gasteiger charge is -2.18. The van der Waals surface area contributed by atoms with E-state index >= 15 is 0 Å². The Labute approximate surface area is 159 Å². The molecule has 6 nitrogen and oxygen atoms in total. The van der Waals surface area contributed by atoms with Gasteiger partial charge in [0.25, 0.3) is 5.91 Å². The quantitative estimate of drug-likeness (QED) is 0.432. The summed E-state index contributed by atoms with van der Waals surface area (Å²) in [5.74, 6) is -0.370. The Morgan fingerprint density at radius 2 is 1.81 bits per heavy atom. The van der Waals surface area contributed by atoms with Crippen molar-refractivity contribution >= 4 is 22.1 Å². The fraction of sp³-hybridized carbons (Fsp3) is 0.150. The van der Waals surface area contributed by atoms with Crippen molar-refractivity contribution < 1.29 is 13.2 Å². The van der Waals surface area contributed by atoms with Gasteiger partial charge in [0.15, 0.2) is 0 Å². The molecule has 1 amide bonds. The standard InChI is InChI=1S/C20H21N3O3S/c1-3-4-15-23(27(25,26)19-12-10-17(2)11-13-19)16-14-21-22-20(24)18-8-6-5-7-9-18/h4-14H,1,15-16H2,2H3,(H,22,24)/b21-14+. The van der Waals surface area contributed by atoms with Gasteiger partial charge in [-0.2, -0.15) is 9.41 Å². The lowest BCUT2D eigenvalue weighted by molar-refractivity contribution is 0.0955. The molecule has 0 aromatic heterocycles. The van der Waals surface area contributed by atoms with Crippen LogP contribution >= 0.6 is 0 Å². The minimum absolute atomic E-state index is 0.0105. The highest BCUT2D eigenvalue weighted by molar-refractivity contribution is 7.89. The van der Waals surface area contributed by atoms with Crippen molar-refractivity contribution in [3.05, 3.63) is 84.1 Å². The van der Waals surface area contributed by atoms with Crippen molar-refractivity contribution in [1.29, 1.82) is 0 Å². The van der Waals surface area contributed by atoms with Gasteiger partial charge in [-0.15, -0.1) is 5.73 Å². The van der Waals surface area contributed by atoms with Crippen LogP contribution in [0, 0.1) is 6.92 Å². The van der Waals surface area contributed by atoms with E-state index in [1.165, 1.54) is 16.6 Å². The molecule has 0 unspecified atom stereocenters. The molecule has 0 heterocycles. The highest BCUT2D eigenvalue weighted by Gasteiger charge is 2.22. The zero-order chi connectivity index (χ0) is 19.7. The Morgan fingerprint density at radius 3 is 2.44 bits per heavy atom. The second kappa shape index (κ2) is 9.64. The fourth-order valence-electron chi connectivity index (χ4n) is 2.19. The highest BCUT2D eigenvalue weighted by atomic mass is 32.2. The summed E-state index contributed by atoms with van der Waals surface area (Å²) in [5, 5.41) is 3.84. The third-order valence-electron chi connectivity index (χ3n) is 3.68. The second-order valence-electron chi connectivity index (χ2n) is 5.66. The van der Waals surface area contributed by atoms with E-state index in [4.69, 9.17) is 0 Å². The molecule has 0 atom stereocenters. The number of rotatable bonds is 8. The zero-order valence-electron chi connectivity index (χ0n) is 15.0. The summed E-state index contributed by atoms with van der Waals surface area (Å²) in [6.07, 6.45) is 2.85. The van der Waals surface area contributed by atoms with Crippen LogP contribution in [0.2, 0.25) is 0 Å². The molecule has 0 radical (unpaired) electrons. The number of carbonyl (C=O) groups is 1. The first kappa shape index (κ1) is 20.3. The van der Waals surface area contributed by atoms with Gasteiger partial charge in [0.05, 0.1) is 11.4 Å². The monoisotopic (exact) mass is 383 g/mol. The second-order valence-corrected chi connectivity index (χ2v) is 7.60. The number of hydrazone groups is 1. The maximum atomic E-state index is 12.8. The van der Waals surface area contributed by atoms with Crippen LogP contribution in [-0.2, 0) is 10.0 Å². The van der Waals surface area contributed by atoms with E-state index < -0.39 is 10.0 Å². The normalized spacial score (nSPS) is 11.3. The number of sulfonamides is 1. The Hall–Kier alpha value is -2.99. The third kappa shape index (κ3) is 5.76. The molecule has 2 rings (SSSR count). The van der Waals surface area contributed by atoms with E-state index in [1.54, 1.807) is 54.6 Å². The summed E-state index contributed by atoms with van der Waals surface area (Å²) in [5.41, 5.74) is 6.38. The average Bonchev–Trinajstić information content (AvgIpc) is 2.68. The van der Waals surface area contributed by atoms with Gasteiger partial charge >= 0.3 is 0 Å². The van der Waals surface area contributed by atoms with Crippen LogP contribution < -0.4 is 5.43 Å². The van der Waals surface area contributed by atoms with E-state index in [-0.39, 0.29) is 23.9 Å². The Morgan fingerprint density at radius 1 is 1.15 bits per heavy atom. The number of benzene rings is 2. The summed E-state index contributed by atoms with van der Waals surface area (Å²) >= 11 is 0. The van der Waals surface area contributed by atoms with Crippen molar-refractivity contribution in [2.75, 3.05) is 13.1 Å². The predicted octanol–water partition coefficient (Wildman–Crippen LogP) is 2.74. The molecule has 0 aliphatic carbocycles. The van der Waals surface area contributed by atoms with Crippen LogP contribution in [0.15, 0.2) is 83.0 Å². The molecular weight excluding hydrogens is 362 g/mol. The number of amides is 1. The van der Waals surface area contributed by atoms with Crippen molar-refractivity contribution in [1.82, 2.24) is 9.73 Å². The molecule has 0 spiro atoms. The molecule has 0 aliphatic rings. The van der Waals surface area contributed by atoms with Gasteiger partial charge in [-0.05, 0) is 37.3 Å². The molecule has 2 aromatic carbocycles. The Balaban J connectivity index is 2.08. The molecule has 0 bridgehead atoms. The lowest BCUT2D eigenvalue weighted by atomic mass is 10.2. The first-order chi connectivity index (χ1) is 12.9. The summed E-state index contributed by atoms with van der Waals surface area (Å²) < 4.78 is 26.8. The lowest BCUT2D eigenvalue weighted by Crippen LogP contribution is -2.33. The molecule has 0 aliphatic heterocycles. The first-order valence-corrected chi connectivity index (χ1v) is 9.67. The molecule has 0 saturated heterocycles. The Bertz CT molecular complexity index is 946. The molecule has 1 N–H and O–H groups in total. The van der Waals surface area contributed by atoms with E-state index in [2.05, 4.69) is 22.8 Å². The van der Waals surface area contributed by atoms with Gasteiger partial charge in [0.1, 0.15) is 0 Å². The number of carbonyl (C=O) groups excluding carboxylic acids is 1. The maximum absolute atomic E-state index is 12.8. The van der Waals surface area contributed by atoms with Crippen LogP contribution in [0.1, 0.15) is 15.9 Å². The average molecular weight is 383 g/mol. The van der Waals surface area contributed by atoms with E-state index in [9.17, 15) is 13.2 Å². The molecular formula is C20H21N3O3S. The number of aryl methyl sites for hydroxylation is 1. The van der Waals surface area contributed by atoms with E-state index in [1.807, 2.05) is 6.92 Å². The molecule has 27 heavy (non-hydrogen) atoms. The van der Waals surface area contributed by atoms with E-state index in [0.717, 1.165) is 5.56 Å². The summed E-state index contributed by atoms with van der Waals surface area (Å²) in [6.45, 7) is 5.43. The summed E-state index contributed by atoms with van der Waals surface area (Å²) in [7, 11) is -3.71. The number of nitrogens with one attached hydrogen (secondary N) is 1. The van der Waals surface area contributed by atoms with Gasteiger partial charge in [0, 0.05) is 18.3 Å². The predicted molar refractivity (Wildman–Crippen MR) is 106 cm³/mol. The molecule has 7 heteroatoms. The molecule has 0 fully saturated rings. The highest BCUT2D eigenvalue weighted by Crippen LogP contribution is 2.15. The fourth-order valence-corrected chi connectivity index (χ4v) is 3.50. The van der Waals surface area contributed by atoms with Crippen molar-refractivity contribution in [3.63, 3.8) is 0 Å². The van der Waals surface area contributed by atoms with E-state index in [0.29, 0.717) is 5.56 Å². The van der Waals surface area contributed by atoms with Gasteiger partial charge in [0.2, 0.25) is 10.0 Å². The summed E-state index contributed by atoms with van der Waals surface area (Å²) in [4.78, 5) is 12.1. The summed E-state index contributed by atoms with van der Waals surface area (Å²) in [6, 6.07) is 15.2. The zero-order valence-corrected chi connectivity index (χ0v) is 15.8. The minimum Gasteiger partial charge on any atom is -0.267 e. The van der Waals surface area contributed by atoms with Crippen LogP contribution in [0.3, 0.4) is 0 Å². The molecule has 140 valence electrons. The molecule has 2 aromatic rings. The Kier molecular flexibility index (Phi) is 7.25.